The number of benzene rings is 1. The Morgan fingerprint density at radius 1 is 1.23 bits per heavy atom. The van der Waals surface area contributed by atoms with Crippen LogP contribution in [0.3, 0.4) is 0 Å². The SMILES string of the molecule is CC1CCCC(CC(=O)N2C[C@@H](N)[C@H](c3ccccc3)C2)C1. The lowest BCUT2D eigenvalue weighted by Crippen LogP contribution is -2.33. The lowest BCUT2D eigenvalue weighted by molar-refractivity contribution is -0.131. The molecule has 1 saturated carbocycles. The van der Waals surface area contributed by atoms with E-state index in [1.165, 1.54) is 31.2 Å². The molecular formula is C19H28N2O. The Bertz CT molecular complexity index is 501. The number of nitrogens with two attached hydrogens (primary N) is 1. The fourth-order valence-corrected chi connectivity index (χ4v) is 4.21. The van der Waals surface area contributed by atoms with Gasteiger partial charge in [-0.15, -0.1) is 0 Å². The van der Waals surface area contributed by atoms with Gasteiger partial charge in [-0.25, -0.2) is 0 Å². The molecule has 1 aliphatic carbocycles. The summed E-state index contributed by atoms with van der Waals surface area (Å²) in [6.45, 7) is 3.81. The molecular weight excluding hydrogens is 272 g/mol. The van der Waals surface area contributed by atoms with Crippen molar-refractivity contribution >= 4 is 5.91 Å². The maximum absolute atomic E-state index is 12.6. The van der Waals surface area contributed by atoms with Gasteiger partial charge in [-0.2, -0.15) is 0 Å². The molecule has 22 heavy (non-hydrogen) atoms. The largest absolute Gasteiger partial charge is 0.340 e. The second-order valence-corrected chi connectivity index (χ2v) is 7.32. The molecule has 0 spiro atoms. The maximum atomic E-state index is 12.6. The highest BCUT2D eigenvalue weighted by molar-refractivity contribution is 5.77. The van der Waals surface area contributed by atoms with E-state index >= 15 is 0 Å². The molecule has 120 valence electrons. The third-order valence-electron chi connectivity index (χ3n) is 5.45. The zero-order valence-corrected chi connectivity index (χ0v) is 13.6. The van der Waals surface area contributed by atoms with Crippen LogP contribution in [-0.4, -0.2) is 29.9 Å². The summed E-state index contributed by atoms with van der Waals surface area (Å²) in [6.07, 6.45) is 5.77. The summed E-state index contributed by atoms with van der Waals surface area (Å²) in [4.78, 5) is 14.6. The quantitative estimate of drug-likeness (QED) is 0.932. The van der Waals surface area contributed by atoms with E-state index in [4.69, 9.17) is 5.73 Å². The van der Waals surface area contributed by atoms with E-state index < -0.39 is 0 Å². The van der Waals surface area contributed by atoms with Crippen molar-refractivity contribution in [3.05, 3.63) is 35.9 Å². The number of nitrogens with zero attached hydrogens (tertiary/aromatic N) is 1. The fourth-order valence-electron chi connectivity index (χ4n) is 4.21. The van der Waals surface area contributed by atoms with Crippen LogP contribution in [0, 0.1) is 11.8 Å². The van der Waals surface area contributed by atoms with E-state index in [0.717, 1.165) is 18.9 Å². The molecule has 2 aliphatic rings. The molecule has 3 rings (SSSR count). The van der Waals surface area contributed by atoms with Crippen LogP contribution < -0.4 is 5.73 Å². The first-order valence-electron chi connectivity index (χ1n) is 8.71. The minimum Gasteiger partial charge on any atom is -0.340 e. The van der Waals surface area contributed by atoms with Gasteiger partial charge >= 0.3 is 0 Å². The van der Waals surface area contributed by atoms with Gasteiger partial charge < -0.3 is 10.6 Å². The van der Waals surface area contributed by atoms with Gasteiger partial charge in [-0.3, -0.25) is 4.79 Å². The van der Waals surface area contributed by atoms with Gasteiger partial charge in [0.05, 0.1) is 0 Å². The zero-order valence-electron chi connectivity index (χ0n) is 13.6. The number of likely N-dealkylation sites (tertiary alicyclic amines) is 1. The van der Waals surface area contributed by atoms with Crippen molar-refractivity contribution in [1.29, 1.82) is 0 Å². The number of carbonyl (C=O) groups excluding carboxylic acids is 1. The molecule has 3 nitrogen and oxygen atoms in total. The highest BCUT2D eigenvalue weighted by atomic mass is 16.2. The number of hydrogen-bond acceptors (Lipinski definition) is 2. The Balaban J connectivity index is 1.58. The Kier molecular flexibility index (Phi) is 4.82. The van der Waals surface area contributed by atoms with Crippen LogP contribution in [-0.2, 0) is 4.79 Å². The second-order valence-electron chi connectivity index (χ2n) is 7.32. The standard InChI is InChI=1S/C19H28N2O/c1-14-6-5-7-15(10-14)11-19(22)21-12-17(18(20)13-21)16-8-3-2-4-9-16/h2-4,8-9,14-15,17-18H,5-7,10-13,20H2,1H3/t14?,15?,17-,18+/m0/s1. The zero-order chi connectivity index (χ0) is 15.5. The van der Waals surface area contributed by atoms with Crippen LogP contribution in [0.4, 0.5) is 0 Å². The molecule has 1 aliphatic heterocycles. The number of carbonyl (C=O) groups is 1. The van der Waals surface area contributed by atoms with Crippen molar-refractivity contribution in [3.63, 3.8) is 0 Å². The highest BCUT2D eigenvalue weighted by Crippen LogP contribution is 2.32. The van der Waals surface area contributed by atoms with Crippen LogP contribution in [0.15, 0.2) is 30.3 Å². The lowest BCUT2D eigenvalue weighted by atomic mass is 9.80. The number of hydrogen-bond donors (Lipinski definition) is 1. The summed E-state index contributed by atoms with van der Waals surface area (Å²) in [6, 6.07) is 10.4. The number of rotatable bonds is 3. The van der Waals surface area contributed by atoms with Crippen molar-refractivity contribution in [3.8, 4) is 0 Å². The molecule has 0 aromatic heterocycles. The Morgan fingerprint density at radius 3 is 2.73 bits per heavy atom. The van der Waals surface area contributed by atoms with Gasteiger partial charge in [0.2, 0.25) is 5.91 Å². The minimum absolute atomic E-state index is 0.0663. The predicted molar refractivity (Wildman–Crippen MR) is 89.5 cm³/mol. The monoisotopic (exact) mass is 300 g/mol. The first-order valence-corrected chi connectivity index (χ1v) is 8.71. The van der Waals surface area contributed by atoms with Crippen molar-refractivity contribution in [2.24, 2.45) is 17.6 Å². The van der Waals surface area contributed by atoms with E-state index in [2.05, 4.69) is 31.2 Å². The summed E-state index contributed by atoms with van der Waals surface area (Å²) < 4.78 is 0. The van der Waals surface area contributed by atoms with Crippen molar-refractivity contribution < 1.29 is 4.79 Å². The van der Waals surface area contributed by atoms with E-state index in [9.17, 15) is 4.79 Å². The van der Waals surface area contributed by atoms with E-state index in [1.807, 2.05) is 11.0 Å². The smallest absolute Gasteiger partial charge is 0.222 e. The van der Waals surface area contributed by atoms with Gasteiger partial charge in [0.15, 0.2) is 0 Å². The molecule has 1 saturated heterocycles. The molecule has 2 unspecified atom stereocenters. The van der Waals surface area contributed by atoms with Crippen molar-refractivity contribution in [2.45, 2.75) is 51.0 Å². The molecule has 2 fully saturated rings. The molecule has 0 radical (unpaired) electrons. The third-order valence-corrected chi connectivity index (χ3v) is 5.45. The average Bonchev–Trinajstić information content (AvgIpc) is 2.90. The molecule has 1 aromatic rings. The van der Waals surface area contributed by atoms with E-state index in [1.54, 1.807) is 0 Å². The maximum Gasteiger partial charge on any atom is 0.222 e. The van der Waals surface area contributed by atoms with Gasteiger partial charge in [0.25, 0.3) is 0 Å². The van der Waals surface area contributed by atoms with Crippen LogP contribution in [0.2, 0.25) is 0 Å². The molecule has 0 bridgehead atoms. The second kappa shape index (κ2) is 6.82. The lowest BCUT2D eigenvalue weighted by Gasteiger charge is -2.28. The molecule has 1 amide bonds. The average molecular weight is 300 g/mol. The minimum atomic E-state index is 0.0663. The van der Waals surface area contributed by atoms with Gasteiger partial charge in [0.1, 0.15) is 0 Å². The van der Waals surface area contributed by atoms with E-state index in [0.29, 0.717) is 18.4 Å². The van der Waals surface area contributed by atoms with Gasteiger partial charge in [0, 0.05) is 31.5 Å². The Hall–Kier alpha value is -1.35. The summed E-state index contributed by atoms with van der Waals surface area (Å²) in [7, 11) is 0. The summed E-state index contributed by atoms with van der Waals surface area (Å²) >= 11 is 0. The molecule has 4 atom stereocenters. The van der Waals surface area contributed by atoms with Gasteiger partial charge in [-0.1, -0.05) is 50.1 Å². The fraction of sp³-hybridized carbons (Fsp3) is 0.632. The van der Waals surface area contributed by atoms with Crippen LogP contribution in [0.5, 0.6) is 0 Å². The van der Waals surface area contributed by atoms with Crippen molar-refractivity contribution in [1.82, 2.24) is 4.90 Å². The topological polar surface area (TPSA) is 46.3 Å². The summed E-state index contributed by atoms with van der Waals surface area (Å²) in [5.41, 5.74) is 7.56. The van der Waals surface area contributed by atoms with Gasteiger partial charge in [-0.05, 0) is 30.2 Å². The predicted octanol–water partition coefficient (Wildman–Crippen LogP) is 3.16. The van der Waals surface area contributed by atoms with Crippen LogP contribution in [0.25, 0.3) is 0 Å². The molecule has 1 aromatic carbocycles. The summed E-state index contributed by atoms with van der Waals surface area (Å²) in [5, 5.41) is 0. The Morgan fingerprint density at radius 2 is 2.00 bits per heavy atom. The third kappa shape index (κ3) is 3.52. The van der Waals surface area contributed by atoms with Crippen molar-refractivity contribution in [2.75, 3.05) is 13.1 Å². The first kappa shape index (κ1) is 15.5. The molecule has 3 heteroatoms. The summed E-state index contributed by atoms with van der Waals surface area (Å²) in [5.74, 6) is 1.97. The first-order chi connectivity index (χ1) is 10.6. The molecule has 2 N–H and O–H groups in total. The molecule has 1 heterocycles. The van der Waals surface area contributed by atoms with Crippen LogP contribution >= 0.6 is 0 Å². The Labute approximate surface area is 133 Å². The van der Waals surface area contributed by atoms with Crippen LogP contribution in [0.1, 0.15) is 50.5 Å². The normalized spacial score (nSPS) is 32.2. The highest BCUT2D eigenvalue weighted by Gasteiger charge is 2.34. The van der Waals surface area contributed by atoms with E-state index in [-0.39, 0.29) is 12.0 Å². The number of amides is 1.